The predicted molar refractivity (Wildman–Crippen MR) is 112 cm³/mol. The third-order valence-corrected chi connectivity index (χ3v) is 6.37. The lowest BCUT2D eigenvalue weighted by Crippen LogP contribution is -2.22. The normalized spacial score (nSPS) is 21.3. The number of hydrogen-bond acceptors (Lipinski definition) is 1. The van der Waals surface area contributed by atoms with Crippen molar-refractivity contribution in [1.82, 2.24) is 0 Å². The highest BCUT2D eigenvalue weighted by molar-refractivity contribution is 5.24. The average Bonchev–Trinajstić information content (AvgIpc) is 2.68. The summed E-state index contributed by atoms with van der Waals surface area (Å²) >= 11 is 0. The van der Waals surface area contributed by atoms with Gasteiger partial charge < -0.3 is 0 Å². The van der Waals surface area contributed by atoms with Crippen LogP contribution in [0.5, 0.6) is 0 Å². The molecule has 0 spiro atoms. The van der Waals surface area contributed by atoms with Gasteiger partial charge in [-0.3, -0.25) is 0 Å². The number of unbranched alkanes of at least 4 members (excludes halogenated alkanes) is 4. The molecular weight excluding hydrogens is 314 g/mol. The first-order valence-electron chi connectivity index (χ1n) is 11.2. The smallest absolute Gasteiger partial charge is 0.0662 e. The van der Waals surface area contributed by atoms with Crippen LogP contribution in [0.3, 0.4) is 0 Å². The highest BCUT2D eigenvalue weighted by atomic mass is 14.4. The van der Waals surface area contributed by atoms with E-state index in [2.05, 4.69) is 44.2 Å². The summed E-state index contributed by atoms with van der Waals surface area (Å²) < 4.78 is 0. The first-order chi connectivity index (χ1) is 12.8. The van der Waals surface area contributed by atoms with Gasteiger partial charge in [-0.15, -0.1) is 0 Å². The Hall–Kier alpha value is -1.29. The Bertz CT molecular complexity index is 516. The molecule has 1 atom stereocenters. The third kappa shape index (κ3) is 7.14. The van der Waals surface area contributed by atoms with Crippen molar-refractivity contribution >= 4 is 0 Å². The summed E-state index contributed by atoms with van der Waals surface area (Å²) in [7, 11) is 0. The van der Waals surface area contributed by atoms with Crippen LogP contribution in [0.25, 0.3) is 0 Å². The molecule has 0 aromatic heterocycles. The molecule has 0 radical (unpaired) electrons. The van der Waals surface area contributed by atoms with Gasteiger partial charge >= 0.3 is 0 Å². The molecular formula is C25H39N. The topological polar surface area (TPSA) is 23.8 Å². The van der Waals surface area contributed by atoms with Crippen molar-refractivity contribution in [2.45, 2.75) is 97.3 Å². The van der Waals surface area contributed by atoms with Crippen molar-refractivity contribution in [2.75, 3.05) is 0 Å². The van der Waals surface area contributed by atoms with Crippen LogP contribution in [0.2, 0.25) is 0 Å². The van der Waals surface area contributed by atoms with Crippen LogP contribution in [-0.4, -0.2) is 0 Å². The van der Waals surface area contributed by atoms with Gasteiger partial charge in [0, 0.05) is 0 Å². The molecule has 144 valence electrons. The van der Waals surface area contributed by atoms with Crippen molar-refractivity contribution in [3.05, 3.63) is 35.4 Å². The Morgan fingerprint density at radius 1 is 0.885 bits per heavy atom. The summed E-state index contributed by atoms with van der Waals surface area (Å²) in [5.41, 5.74) is 2.81. The van der Waals surface area contributed by atoms with Gasteiger partial charge in [-0.05, 0) is 55.1 Å². The Kier molecular flexibility index (Phi) is 9.83. The Morgan fingerprint density at radius 3 is 2.15 bits per heavy atom. The third-order valence-electron chi connectivity index (χ3n) is 6.37. The van der Waals surface area contributed by atoms with Crippen LogP contribution < -0.4 is 0 Å². The van der Waals surface area contributed by atoms with Crippen LogP contribution in [0.1, 0.15) is 95.6 Å². The van der Waals surface area contributed by atoms with Gasteiger partial charge in [0.2, 0.25) is 0 Å². The molecule has 0 heterocycles. The fourth-order valence-corrected chi connectivity index (χ4v) is 4.63. The Morgan fingerprint density at radius 2 is 1.54 bits per heavy atom. The number of hydrogen-bond donors (Lipinski definition) is 0. The molecule has 0 saturated heterocycles. The molecule has 1 aromatic rings. The van der Waals surface area contributed by atoms with Crippen molar-refractivity contribution in [3.63, 3.8) is 0 Å². The lowest BCUT2D eigenvalue weighted by atomic mass is 9.73. The maximum absolute atomic E-state index is 9.70. The minimum Gasteiger partial charge on any atom is -0.198 e. The Balaban J connectivity index is 1.77. The van der Waals surface area contributed by atoms with Crippen molar-refractivity contribution < 1.29 is 0 Å². The summed E-state index contributed by atoms with van der Waals surface area (Å²) in [5, 5.41) is 9.70. The molecule has 0 bridgehead atoms. The van der Waals surface area contributed by atoms with Gasteiger partial charge in [0.05, 0.1) is 12.0 Å². The maximum atomic E-state index is 9.70. The summed E-state index contributed by atoms with van der Waals surface area (Å²) in [5.74, 6) is 1.75. The monoisotopic (exact) mass is 353 g/mol. The highest BCUT2D eigenvalue weighted by Gasteiger charge is 2.27. The van der Waals surface area contributed by atoms with E-state index in [0.717, 1.165) is 12.3 Å². The lowest BCUT2D eigenvalue weighted by Gasteiger charge is -2.31. The highest BCUT2D eigenvalue weighted by Crippen LogP contribution is 2.36. The molecule has 1 aromatic carbocycles. The number of benzene rings is 1. The second-order valence-electron chi connectivity index (χ2n) is 8.49. The molecule has 1 nitrogen and oxygen atoms in total. The van der Waals surface area contributed by atoms with Gasteiger partial charge in [-0.1, -0.05) is 89.5 Å². The largest absolute Gasteiger partial charge is 0.198 e. The molecule has 1 aliphatic rings. The molecule has 1 aliphatic carbocycles. The first kappa shape index (κ1) is 21.0. The molecule has 0 aliphatic heterocycles. The molecule has 0 N–H and O–H groups in total. The standard InChI is InChI=1S/C25H39N/c1-3-5-6-7-8-10-22-11-13-23(14-12-22)19-25(20-26)24-17-15-21(9-4-2)16-18-24/h11-14,21,24-25H,3-10,15-19H2,1-2H3. The van der Waals surface area contributed by atoms with Crippen molar-refractivity contribution in [1.29, 1.82) is 5.26 Å². The van der Waals surface area contributed by atoms with E-state index >= 15 is 0 Å². The van der Waals surface area contributed by atoms with E-state index in [1.165, 1.54) is 88.2 Å². The molecule has 1 heteroatoms. The second-order valence-corrected chi connectivity index (χ2v) is 8.49. The summed E-state index contributed by atoms with van der Waals surface area (Å²) in [6.45, 7) is 4.56. The van der Waals surface area contributed by atoms with Crippen LogP contribution >= 0.6 is 0 Å². The van der Waals surface area contributed by atoms with Crippen LogP contribution in [-0.2, 0) is 12.8 Å². The number of rotatable bonds is 11. The summed E-state index contributed by atoms with van der Waals surface area (Å²) in [6.07, 6.45) is 16.8. The number of aryl methyl sites for hydroxylation is 1. The Labute approximate surface area is 162 Å². The van der Waals surface area contributed by atoms with E-state index in [0.29, 0.717) is 5.92 Å². The maximum Gasteiger partial charge on any atom is 0.0662 e. The number of nitrogens with zero attached hydrogens (tertiary/aromatic N) is 1. The molecule has 2 rings (SSSR count). The quantitative estimate of drug-likeness (QED) is 0.378. The van der Waals surface area contributed by atoms with Crippen molar-refractivity contribution in [2.24, 2.45) is 17.8 Å². The summed E-state index contributed by atoms with van der Waals surface area (Å²) in [4.78, 5) is 0. The number of nitriles is 1. The first-order valence-corrected chi connectivity index (χ1v) is 11.2. The van der Waals surface area contributed by atoms with Crippen molar-refractivity contribution in [3.8, 4) is 6.07 Å². The molecule has 1 saturated carbocycles. The molecule has 1 fully saturated rings. The van der Waals surface area contributed by atoms with E-state index in [9.17, 15) is 5.26 Å². The van der Waals surface area contributed by atoms with Crippen LogP contribution in [0.15, 0.2) is 24.3 Å². The lowest BCUT2D eigenvalue weighted by molar-refractivity contribution is 0.223. The minimum atomic E-state index is 0.206. The fraction of sp³-hybridized carbons (Fsp3) is 0.720. The fourth-order valence-electron chi connectivity index (χ4n) is 4.63. The van der Waals surface area contributed by atoms with Gasteiger partial charge in [0.1, 0.15) is 0 Å². The zero-order valence-corrected chi connectivity index (χ0v) is 17.2. The molecule has 26 heavy (non-hydrogen) atoms. The van der Waals surface area contributed by atoms with E-state index < -0.39 is 0 Å². The van der Waals surface area contributed by atoms with E-state index in [-0.39, 0.29) is 5.92 Å². The summed E-state index contributed by atoms with van der Waals surface area (Å²) in [6, 6.07) is 11.8. The molecule has 1 unspecified atom stereocenters. The van der Waals surface area contributed by atoms with E-state index in [1.807, 2.05) is 0 Å². The predicted octanol–water partition coefficient (Wildman–Crippen LogP) is 7.49. The van der Waals surface area contributed by atoms with Gasteiger partial charge in [-0.25, -0.2) is 0 Å². The van der Waals surface area contributed by atoms with Gasteiger partial charge in [-0.2, -0.15) is 5.26 Å². The minimum absolute atomic E-state index is 0.206. The van der Waals surface area contributed by atoms with E-state index in [4.69, 9.17) is 0 Å². The SMILES string of the molecule is CCCCCCCc1ccc(CC(C#N)C2CCC(CCC)CC2)cc1. The van der Waals surface area contributed by atoms with Gasteiger partial charge in [0.15, 0.2) is 0 Å². The van der Waals surface area contributed by atoms with Crippen LogP contribution in [0.4, 0.5) is 0 Å². The van der Waals surface area contributed by atoms with E-state index in [1.54, 1.807) is 0 Å². The van der Waals surface area contributed by atoms with Gasteiger partial charge in [0.25, 0.3) is 0 Å². The molecule has 0 amide bonds. The average molecular weight is 354 g/mol. The second kappa shape index (κ2) is 12.2. The van der Waals surface area contributed by atoms with Crippen LogP contribution in [0, 0.1) is 29.1 Å². The zero-order valence-electron chi connectivity index (χ0n) is 17.2. The zero-order chi connectivity index (χ0) is 18.6.